The van der Waals surface area contributed by atoms with E-state index in [4.69, 9.17) is 13.9 Å². The molecule has 0 saturated carbocycles. The summed E-state index contributed by atoms with van der Waals surface area (Å²) in [7, 11) is 0. The van der Waals surface area contributed by atoms with Crippen molar-refractivity contribution in [1.29, 1.82) is 0 Å². The first-order chi connectivity index (χ1) is 14.1. The first-order valence-corrected chi connectivity index (χ1v) is 9.33. The Kier molecular flexibility index (Phi) is 3.98. The number of carbonyl (C=O) groups is 1. The Labute approximate surface area is 165 Å². The van der Waals surface area contributed by atoms with Crippen molar-refractivity contribution in [3.05, 3.63) is 70.6 Å². The van der Waals surface area contributed by atoms with Crippen LogP contribution in [0, 0.1) is 0 Å². The molecule has 0 saturated heterocycles. The third-order valence-electron chi connectivity index (χ3n) is 5.02. The van der Waals surface area contributed by atoms with Gasteiger partial charge < -0.3 is 13.9 Å². The highest BCUT2D eigenvalue weighted by Crippen LogP contribution is 2.40. The first-order valence-electron chi connectivity index (χ1n) is 9.33. The Bertz CT molecular complexity index is 1340. The average Bonchev–Trinajstić information content (AvgIpc) is 2.73. The number of para-hydroxylation sites is 1. The highest BCUT2D eigenvalue weighted by atomic mass is 16.5. The van der Waals surface area contributed by atoms with E-state index in [0.717, 1.165) is 33.2 Å². The molecule has 0 fully saturated rings. The number of ether oxygens (including phenoxy) is 2. The van der Waals surface area contributed by atoms with Crippen molar-refractivity contribution in [3.63, 3.8) is 0 Å². The Hall–Kier alpha value is -3.80. The molecular formula is C23H17NO5. The second-order valence-corrected chi connectivity index (χ2v) is 6.79. The Morgan fingerprint density at radius 1 is 1.03 bits per heavy atom. The summed E-state index contributed by atoms with van der Waals surface area (Å²) >= 11 is 0. The Morgan fingerprint density at radius 2 is 1.90 bits per heavy atom. The fourth-order valence-corrected chi connectivity index (χ4v) is 3.72. The average molecular weight is 387 g/mol. The molecule has 1 amide bonds. The molecule has 1 N–H and O–H groups in total. The van der Waals surface area contributed by atoms with E-state index >= 15 is 0 Å². The Morgan fingerprint density at radius 3 is 2.76 bits per heavy atom. The van der Waals surface area contributed by atoms with Gasteiger partial charge in [0.1, 0.15) is 17.9 Å². The SMILES string of the molecule is CCOC(=O)Nc1ccc2c(c1)oc(=O)c1cc3c(cc12)-c1ccccc1OC3. The zero-order chi connectivity index (χ0) is 20.0. The summed E-state index contributed by atoms with van der Waals surface area (Å²) in [4.78, 5) is 24.3. The fraction of sp³-hybridized carbons (Fsp3) is 0.130. The van der Waals surface area contributed by atoms with Gasteiger partial charge in [0.2, 0.25) is 0 Å². The highest BCUT2D eigenvalue weighted by Gasteiger charge is 2.20. The number of amides is 1. The molecule has 6 nitrogen and oxygen atoms in total. The van der Waals surface area contributed by atoms with Crippen LogP contribution in [0.5, 0.6) is 5.75 Å². The predicted octanol–water partition coefficient (Wildman–Crippen LogP) is 5.07. The van der Waals surface area contributed by atoms with E-state index in [9.17, 15) is 9.59 Å². The largest absolute Gasteiger partial charge is 0.488 e. The van der Waals surface area contributed by atoms with E-state index in [0.29, 0.717) is 23.3 Å². The molecule has 144 valence electrons. The monoisotopic (exact) mass is 387 g/mol. The van der Waals surface area contributed by atoms with E-state index in [1.54, 1.807) is 19.1 Å². The molecule has 0 bridgehead atoms. The lowest BCUT2D eigenvalue weighted by molar-refractivity contribution is 0.168. The maximum absolute atomic E-state index is 12.6. The number of nitrogens with one attached hydrogen (secondary N) is 1. The van der Waals surface area contributed by atoms with Crippen molar-refractivity contribution in [2.75, 3.05) is 11.9 Å². The third-order valence-corrected chi connectivity index (χ3v) is 5.02. The van der Waals surface area contributed by atoms with Crippen LogP contribution in [0.3, 0.4) is 0 Å². The lowest BCUT2D eigenvalue weighted by Gasteiger charge is -2.21. The van der Waals surface area contributed by atoms with Crippen LogP contribution in [-0.2, 0) is 11.3 Å². The van der Waals surface area contributed by atoms with Crippen molar-refractivity contribution >= 4 is 33.5 Å². The molecule has 3 aromatic carbocycles. The quantitative estimate of drug-likeness (QED) is 0.384. The van der Waals surface area contributed by atoms with Crippen LogP contribution in [0.1, 0.15) is 12.5 Å². The highest BCUT2D eigenvalue weighted by molar-refractivity contribution is 6.07. The van der Waals surface area contributed by atoms with Crippen LogP contribution in [0.15, 0.2) is 63.8 Å². The molecular weight excluding hydrogens is 370 g/mol. The first kappa shape index (κ1) is 17.3. The molecule has 1 aliphatic rings. The van der Waals surface area contributed by atoms with Crippen molar-refractivity contribution in [2.24, 2.45) is 0 Å². The molecule has 4 aromatic rings. The smallest absolute Gasteiger partial charge is 0.411 e. The summed E-state index contributed by atoms with van der Waals surface area (Å²) in [5.41, 5.74) is 3.45. The van der Waals surface area contributed by atoms with E-state index in [2.05, 4.69) is 5.32 Å². The van der Waals surface area contributed by atoms with Crippen LogP contribution in [0.4, 0.5) is 10.5 Å². The maximum atomic E-state index is 12.6. The molecule has 0 spiro atoms. The van der Waals surface area contributed by atoms with Crippen molar-refractivity contribution in [1.82, 2.24) is 0 Å². The number of hydrogen-bond acceptors (Lipinski definition) is 5. The van der Waals surface area contributed by atoms with Gasteiger partial charge in [0.05, 0.1) is 12.0 Å². The molecule has 0 unspecified atom stereocenters. The zero-order valence-corrected chi connectivity index (χ0v) is 15.7. The summed E-state index contributed by atoms with van der Waals surface area (Å²) in [5, 5.41) is 4.72. The van der Waals surface area contributed by atoms with Crippen molar-refractivity contribution in [2.45, 2.75) is 13.5 Å². The third kappa shape index (κ3) is 2.89. The molecule has 6 heteroatoms. The fourth-order valence-electron chi connectivity index (χ4n) is 3.72. The van der Waals surface area contributed by atoms with Gasteiger partial charge in [-0.3, -0.25) is 5.32 Å². The van der Waals surface area contributed by atoms with Crippen LogP contribution in [-0.4, -0.2) is 12.7 Å². The summed E-state index contributed by atoms with van der Waals surface area (Å²) < 4.78 is 16.2. The van der Waals surface area contributed by atoms with Gasteiger partial charge in [-0.05, 0) is 48.4 Å². The Balaban J connectivity index is 1.70. The molecule has 1 aromatic heterocycles. The summed E-state index contributed by atoms with van der Waals surface area (Å²) in [6.07, 6.45) is -0.555. The predicted molar refractivity (Wildman–Crippen MR) is 110 cm³/mol. The van der Waals surface area contributed by atoms with Gasteiger partial charge in [-0.1, -0.05) is 18.2 Å². The molecule has 5 rings (SSSR count). The lowest BCUT2D eigenvalue weighted by Crippen LogP contribution is -2.13. The van der Waals surface area contributed by atoms with Crippen molar-refractivity contribution < 1.29 is 18.7 Å². The standard InChI is InChI=1S/C23H17NO5/c1-2-27-23(26)24-14-7-8-16-18-11-17-13(9-19(18)22(25)29-21(16)10-14)12-28-20-6-4-3-5-15(17)20/h3-11H,2,12H2,1H3,(H,24,26). The van der Waals surface area contributed by atoms with Crippen molar-refractivity contribution in [3.8, 4) is 16.9 Å². The van der Waals surface area contributed by atoms with Gasteiger partial charge in [-0.25, -0.2) is 9.59 Å². The van der Waals surface area contributed by atoms with E-state index in [1.807, 2.05) is 42.5 Å². The van der Waals surface area contributed by atoms with Gasteiger partial charge in [0.25, 0.3) is 0 Å². The van der Waals surface area contributed by atoms with Gasteiger partial charge in [0, 0.05) is 28.1 Å². The molecule has 0 aliphatic carbocycles. The molecule has 0 atom stereocenters. The molecule has 29 heavy (non-hydrogen) atoms. The van der Waals surface area contributed by atoms with Crippen LogP contribution < -0.4 is 15.7 Å². The number of carbonyl (C=O) groups excluding carboxylic acids is 1. The second kappa shape index (κ2) is 6.67. The number of hydrogen-bond donors (Lipinski definition) is 1. The summed E-state index contributed by atoms with van der Waals surface area (Å²) in [6, 6.07) is 16.9. The maximum Gasteiger partial charge on any atom is 0.411 e. The van der Waals surface area contributed by atoms with E-state index in [1.165, 1.54) is 0 Å². The van der Waals surface area contributed by atoms with Crippen LogP contribution >= 0.6 is 0 Å². The van der Waals surface area contributed by atoms with Crippen LogP contribution in [0.2, 0.25) is 0 Å². The van der Waals surface area contributed by atoms with E-state index in [-0.39, 0.29) is 6.61 Å². The lowest BCUT2D eigenvalue weighted by atomic mass is 9.93. The minimum absolute atomic E-state index is 0.273. The minimum Gasteiger partial charge on any atom is -0.488 e. The topological polar surface area (TPSA) is 77.8 Å². The number of benzene rings is 3. The number of anilines is 1. The van der Waals surface area contributed by atoms with Crippen LogP contribution in [0.25, 0.3) is 32.9 Å². The number of fused-ring (bicyclic) bond motifs is 6. The molecule has 2 heterocycles. The normalized spacial score (nSPS) is 12.2. The molecule has 1 aliphatic heterocycles. The second-order valence-electron chi connectivity index (χ2n) is 6.79. The summed E-state index contributed by atoms with van der Waals surface area (Å²) in [5.74, 6) is 0.826. The van der Waals surface area contributed by atoms with Gasteiger partial charge >= 0.3 is 11.7 Å². The molecule has 0 radical (unpaired) electrons. The van der Waals surface area contributed by atoms with E-state index < -0.39 is 11.7 Å². The number of rotatable bonds is 2. The minimum atomic E-state index is -0.555. The van der Waals surface area contributed by atoms with Gasteiger partial charge in [-0.15, -0.1) is 0 Å². The van der Waals surface area contributed by atoms with Gasteiger partial charge in [-0.2, -0.15) is 0 Å². The summed E-state index contributed by atoms with van der Waals surface area (Å²) in [6.45, 7) is 2.41. The van der Waals surface area contributed by atoms with Gasteiger partial charge in [0.15, 0.2) is 0 Å². The zero-order valence-electron chi connectivity index (χ0n) is 15.7.